The molecule has 0 saturated carbocycles. The van der Waals surface area contributed by atoms with Gasteiger partial charge in [0.2, 0.25) is 0 Å². The smallest absolute Gasteiger partial charge is 0.143 e. The van der Waals surface area contributed by atoms with Gasteiger partial charge in [-0.05, 0) is 43.2 Å². The average Bonchev–Trinajstić information content (AvgIpc) is 3.44. The van der Waals surface area contributed by atoms with Gasteiger partial charge >= 0.3 is 0 Å². The van der Waals surface area contributed by atoms with E-state index < -0.39 is 0 Å². The van der Waals surface area contributed by atoms with Gasteiger partial charge in [0.05, 0.1) is 48.5 Å². The number of hydrogen-bond donors (Lipinski definition) is 2. The first-order valence-corrected chi connectivity index (χ1v) is 13.3. The summed E-state index contributed by atoms with van der Waals surface area (Å²) in [5, 5.41) is 18.0. The molecule has 4 aromatic rings. The lowest BCUT2D eigenvalue weighted by atomic mass is 10.0. The molecule has 8 nitrogen and oxygen atoms in total. The Morgan fingerprint density at radius 2 is 1.84 bits per heavy atom. The highest BCUT2D eigenvalue weighted by atomic mass is 19.1. The summed E-state index contributed by atoms with van der Waals surface area (Å²) >= 11 is 0. The molecule has 6 bridgehead atoms. The Morgan fingerprint density at radius 3 is 2.66 bits per heavy atom. The van der Waals surface area contributed by atoms with E-state index in [4.69, 9.17) is 9.47 Å². The van der Waals surface area contributed by atoms with Crippen LogP contribution in [0.2, 0.25) is 0 Å². The predicted octanol–water partition coefficient (Wildman–Crippen LogP) is 4.24. The number of piperazine rings is 1. The Balaban J connectivity index is 1.30. The van der Waals surface area contributed by atoms with Crippen LogP contribution in [0.5, 0.6) is 11.5 Å². The molecule has 9 heteroatoms. The van der Waals surface area contributed by atoms with Crippen molar-refractivity contribution < 1.29 is 19.0 Å². The number of hydrogen-bond acceptors (Lipinski definition) is 7. The van der Waals surface area contributed by atoms with E-state index >= 15 is 0 Å². The van der Waals surface area contributed by atoms with Crippen molar-refractivity contribution in [3.8, 4) is 34.0 Å². The molecule has 2 aromatic carbocycles. The van der Waals surface area contributed by atoms with E-state index in [-0.39, 0.29) is 12.4 Å². The number of halogens is 1. The number of nitrogens with zero attached hydrogens (tertiary/aromatic N) is 4. The van der Waals surface area contributed by atoms with Crippen molar-refractivity contribution in [2.45, 2.75) is 31.3 Å². The number of benzene rings is 2. The normalized spacial score (nSPS) is 21.2. The van der Waals surface area contributed by atoms with E-state index in [2.05, 4.69) is 43.2 Å². The first kappa shape index (κ1) is 23.4. The van der Waals surface area contributed by atoms with Crippen molar-refractivity contribution in [1.82, 2.24) is 20.1 Å². The van der Waals surface area contributed by atoms with Gasteiger partial charge in [-0.1, -0.05) is 12.1 Å². The standard InChI is InChI=1S/C29H30FN5O3/c30-22-3-1-4-26-28(22)23-14-21-24(15-31-23)32-33-29(21)18-5-8-25(27(13-18)38-12-2-11-37-26)34-16-19-6-7-20(17-34)35(19)9-10-36/h1,3-5,8,13-15,19-20,36H,2,6-7,9-12,16-17H2,(H,32,33). The van der Waals surface area contributed by atoms with Gasteiger partial charge in [-0.2, -0.15) is 5.10 Å². The van der Waals surface area contributed by atoms with E-state index in [1.807, 2.05) is 6.07 Å². The Bertz CT molecular complexity index is 1480. The van der Waals surface area contributed by atoms with Gasteiger partial charge in [-0.3, -0.25) is 15.0 Å². The van der Waals surface area contributed by atoms with E-state index in [1.165, 1.54) is 6.07 Å². The highest BCUT2D eigenvalue weighted by Gasteiger charge is 2.40. The summed E-state index contributed by atoms with van der Waals surface area (Å²) in [7, 11) is 0. The second-order valence-electron chi connectivity index (χ2n) is 10.3. The molecule has 5 heterocycles. The molecule has 2 aromatic heterocycles. The van der Waals surface area contributed by atoms with Crippen molar-refractivity contribution in [2.75, 3.05) is 44.4 Å². The summed E-state index contributed by atoms with van der Waals surface area (Å²) in [6, 6.07) is 13.9. The topological polar surface area (TPSA) is 86.7 Å². The lowest BCUT2D eigenvalue weighted by Crippen LogP contribution is -2.54. The molecular formula is C29H30FN5O3. The fourth-order valence-corrected chi connectivity index (χ4v) is 6.28. The molecule has 0 radical (unpaired) electrons. The van der Waals surface area contributed by atoms with Crippen LogP contribution in [0.4, 0.5) is 10.1 Å². The zero-order valence-corrected chi connectivity index (χ0v) is 21.1. The molecule has 2 fully saturated rings. The van der Waals surface area contributed by atoms with Crippen molar-refractivity contribution in [1.29, 1.82) is 0 Å². The summed E-state index contributed by atoms with van der Waals surface area (Å²) < 4.78 is 27.4. The predicted molar refractivity (Wildman–Crippen MR) is 143 cm³/mol. The zero-order valence-electron chi connectivity index (χ0n) is 21.1. The molecule has 2 saturated heterocycles. The Hall–Kier alpha value is -3.69. The van der Waals surface area contributed by atoms with Crippen LogP contribution < -0.4 is 14.4 Å². The van der Waals surface area contributed by atoms with Crippen LogP contribution in [-0.2, 0) is 0 Å². The molecule has 2 N–H and O–H groups in total. The summed E-state index contributed by atoms with van der Waals surface area (Å²) in [4.78, 5) is 9.41. The molecule has 3 aliphatic rings. The first-order chi connectivity index (χ1) is 18.7. The second kappa shape index (κ2) is 9.56. The van der Waals surface area contributed by atoms with Gasteiger partial charge < -0.3 is 19.5 Å². The molecule has 3 aliphatic heterocycles. The second-order valence-corrected chi connectivity index (χ2v) is 10.3. The van der Waals surface area contributed by atoms with Gasteiger partial charge in [0.25, 0.3) is 0 Å². The lowest BCUT2D eigenvalue weighted by Gasteiger charge is -2.42. The number of aromatic nitrogens is 3. The SMILES string of the molecule is OCCN1C2CCC1CN(c1ccc3cc1OCCCOc1cccc(F)c1-c1cc4c-3n[nH]c4cn1)C2. The average molecular weight is 516 g/mol. The quantitative estimate of drug-likeness (QED) is 0.422. The summed E-state index contributed by atoms with van der Waals surface area (Å²) in [5.74, 6) is 0.920. The molecule has 0 amide bonds. The van der Waals surface area contributed by atoms with Crippen LogP contribution in [0.25, 0.3) is 33.4 Å². The largest absolute Gasteiger partial charge is 0.493 e. The number of nitrogens with one attached hydrogen (secondary N) is 1. The fourth-order valence-electron chi connectivity index (χ4n) is 6.28. The molecular weight excluding hydrogens is 485 g/mol. The van der Waals surface area contributed by atoms with Gasteiger partial charge in [0.15, 0.2) is 0 Å². The molecule has 2 unspecified atom stereocenters. The molecule has 7 rings (SSSR count). The van der Waals surface area contributed by atoms with Crippen LogP contribution in [0, 0.1) is 5.82 Å². The van der Waals surface area contributed by atoms with Crippen molar-refractivity contribution in [2.24, 2.45) is 0 Å². The van der Waals surface area contributed by atoms with Crippen molar-refractivity contribution in [3.05, 3.63) is 54.5 Å². The highest BCUT2D eigenvalue weighted by Crippen LogP contribution is 2.40. The third-order valence-corrected chi connectivity index (χ3v) is 8.05. The van der Waals surface area contributed by atoms with Gasteiger partial charge in [0.1, 0.15) is 23.0 Å². The third-order valence-electron chi connectivity index (χ3n) is 8.05. The fraction of sp³-hybridized carbons (Fsp3) is 0.379. The third kappa shape index (κ3) is 3.97. The maximum Gasteiger partial charge on any atom is 0.143 e. The van der Waals surface area contributed by atoms with E-state index in [0.29, 0.717) is 48.7 Å². The minimum Gasteiger partial charge on any atom is -0.493 e. The summed E-state index contributed by atoms with van der Waals surface area (Å²) in [6.45, 7) is 3.63. The number of aliphatic hydroxyl groups excluding tert-OH is 1. The van der Waals surface area contributed by atoms with Crippen LogP contribution >= 0.6 is 0 Å². The summed E-state index contributed by atoms with van der Waals surface area (Å²) in [5.41, 5.74) is 4.41. The highest BCUT2D eigenvalue weighted by molar-refractivity contribution is 5.95. The van der Waals surface area contributed by atoms with E-state index in [9.17, 15) is 9.50 Å². The maximum absolute atomic E-state index is 15.0. The number of aromatic amines is 1. The minimum absolute atomic E-state index is 0.199. The van der Waals surface area contributed by atoms with Crippen LogP contribution in [0.15, 0.2) is 48.7 Å². The number of ether oxygens (including phenoxy) is 2. The van der Waals surface area contributed by atoms with Gasteiger partial charge in [-0.25, -0.2) is 4.39 Å². The Labute approximate surface area is 220 Å². The number of rotatable bonds is 3. The molecule has 38 heavy (non-hydrogen) atoms. The summed E-state index contributed by atoms with van der Waals surface area (Å²) in [6.07, 6.45) is 4.65. The Kier molecular flexibility index (Phi) is 5.89. The molecule has 0 spiro atoms. The number of fused-ring (bicyclic) bond motifs is 8. The van der Waals surface area contributed by atoms with E-state index in [0.717, 1.165) is 66.1 Å². The molecule has 0 aliphatic carbocycles. The minimum atomic E-state index is -0.373. The maximum atomic E-state index is 15.0. The van der Waals surface area contributed by atoms with Crippen LogP contribution in [-0.4, -0.2) is 76.7 Å². The Morgan fingerprint density at radius 1 is 1.03 bits per heavy atom. The molecule has 196 valence electrons. The first-order valence-electron chi connectivity index (χ1n) is 13.3. The van der Waals surface area contributed by atoms with Crippen molar-refractivity contribution >= 4 is 16.6 Å². The number of anilines is 1. The zero-order chi connectivity index (χ0) is 25.6. The van der Waals surface area contributed by atoms with Crippen LogP contribution in [0.1, 0.15) is 19.3 Å². The number of H-pyrrole nitrogens is 1. The lowest BCUT2D eigenvalue weighted by molar-refractivity contribution is 0.131. The van der Waals surface area contributed by atoms with E-state index in [1.54, 1.807) is 18.3 Å². The van der Waals surface area contributed by atoms with Gasteiger partial charge in [0, 0.05) is 49.1 Å². The molecule has 2 atom stereocenters. The van der Waals surface area contributed by atoms with Gasteiger partial charge in [-0.15, -0.1) is 0 Å². The monoisotopic (exact) mass is 515 g/mol. The van der Waals surface area contributed by atoms with Crippen molar-refractivity contribution in [3.63, 3.8) is 0 Å². The number of aliphatic hydroxyl groups is 1. The van der Waals surface area contributed by atoms with Crippen LogP contribution in [0.3, 0.4) is 0 Å². The number of pyridine rings is 1.